The molecule has 1 unspecified atom stereocenters. The lowest BCUT2D eigenvalue weighted by Crippen LogP contribution is -1.97. The number of hydrogen-bond donors (Lipinski definition) is 0. The molecule has 0 heterocycles. The van der Waals surface area contributed by atoms with Gasteiger partial charge in [0, 0.05) is 0 Å². The Hall–Kier alpha value is -0.780. The fourth-order valence-electron chi connectivity index (χ4n) is 1.40. The fraction of sp³-hybridized carbons (Fsp3) is 0.538. The van der Waals surface area contributed by atoms with Crippen molar-refractivity contribution >= 4 is 0 Å². The molecule has 0 aromatic rings. The molecule has 1 atom stereocenters. The first kappa shape index (κ1) is 12.2. The minimum absolute atomic E-state index is 0.647. The maximum atomic E-state index is 3.78. The van der Waals surface area contributed by atoms with Crippen molar-refractivity contribution in [2.24, 2.45) is 5.92 Å². The Kier molecular flexibility index (Phi) is 7.38. The normalized spacial score (nSPS) is 14.8. The highest BCUT2D eigenvalue weighted by Gasteiger charge is 2.04. The van der Waals surface area contributed by atoms with E-state index in [1.165, 1.54) is 0 Å². The maximum Gasteiger partial charge on any atom is -0.0136 e. The van der Waals surface area contributed by atoms with Gasteiger partial charge in [0.25, 0.3) is 0 Å². The molecule has 0 bridgehead atoms. The van der Waals surface area contributed by atoms with E-state index in [2.05, 4.69) is 45.6 Å². The van der Waals surface area contributed by atoms with E-state index in [0.29, 0.717) is 5.92 Å². The summed E-state index contributed by atoms with van der Waals surface area (Å²) in [6.07, 6.45) is 12.0. The Labute approximate surface area is 83.0 Å². The molecular formula is C13H22. The molecule has 0 saturated heterocycles. The van der Waals surface area contributed by atoms with Gasteiger partial charge < -0.3 is 0 Å². The summed E-state index contributed by atoms with van der Waals surface area (Å²) in [5.41, 5.74) is 1.54. The first-order chi connectivity index (χ1) is 6.26. The van der Waals surface area contributed by atoms with Crippen molar-refractivity contribution < 1.29 is 0 Å². The van der Waals surface area contributed by atoms with Crippen LogP contribution in [0.3, 0.4) is 0 Å². The summed E-state index contributed by atoms with van der Waals surface area (Å²) in [7, 11) is 0. The summed E-state index contributed by atoms with van der Waals surface area (Å²) in [5, 5.41) is 0. The Morgan fingerprint density at radius 1 is 1.46 bits per heavy atom. The smallest absolute Gasteiger partial charge is 0.0136 e. The third-order valence-corrected chi connectivity index (χ3v) is 2.21. The highest BCUT2D eigenvalue weighted by atomic mass is 14.1. The SMILES string of the molecule is C=CCC(C)C(=CCC)CC=CC. The zero-order valence-electron chi connectivity index (χ0n) is 9.22. The van der Waals surface area contributed by atoms with Gasteiger partial charge in [-0.25, -0.2) is 0 Å². The molecule has 0 aromatic heterocycles. The molecule has 74 valence electrons. The van der Waals surface area contributed by atoms with Gasteiger partial charge in [-0.05, 0) is 32.1 Å². The molecule has 0 aliphatic rings. The van der Waals surface area contributed by atoms with Crippen LogP contribution in [0.15, 0.2) is 36.5 Å². The van der Waals surface area contributed by atoms with Crippen LogP contribution in [0.1, 0.15) is 40.0 Å². The minimum Gasteiger partial charge on any atom is -0.103 e. The number of allylic oxidation sites excluding steroid dienone is 5. The van der Waals surface area contributed by atoms with Crippen LogP contribution < -0.4 is 0 Å². The van der Waals surface area contributed by atoms with Crippen LogP contribution in [-0.2, 0) is 0 Å². The lowest BCUT2D eigenvalue weighted by atomic mass is 9.94. The molecule has 0 fully saturated rings. The van der Waals surface area contributed by atoms with Gasteiger partial charge in [0.1, 0.15) is 0 Å². The molecule has 0 heteroatoms. The second kappa shape index (κ2) is 7.85. The molecular weight excluding hydrogens is 156 g/mol. The lowest BCUT2D eigenvalue weighted by Gasteiger charge is -2.12. The van der Waals surface area contributed by atoms with Crippen molar-refractivity contribution in [2.75, 3.05) is 0 Å². The topological polar surface area (TPSA) is 0 Å². The summed E-state index contributed by atoms with van der Waals surface area (Å²) in [4.78, 5) is 0. The summed E-state index contributed by atoms with van der Waals surface area (Å²) < 4.78 is 0. The highest BCUT2D eigenvalue weighted by Crippen LogP contribution is 2.19. The van der Waals surface area contributed by atoms with Gasteiger partial charge in [-0.1, -0.05) is 43.7 Å². The highest BCUT2D eigenvalue weighted by molar-refractivity contribution is 5.11. The number of rotatable bonds is 6. The van der Waals surface area contributed by atoms with Crippen LogP contribution in [0.25, 0.3) is 0 Å². The van der Waals surface area contributed by atoms with Crippen LogP contribution in [0.2, 0.25) is 0 Å². The molecule has 0 amide bonds. The van der Waals surface area contributed by atoms with E-state index >= 15 is 0 Å². The predicted octanol–water partition coefficient (Wildman–Crippen LogP) is 4.50. The van der Waals surface area contributed by atoms with E-state index in [1.807, 2.05) is 6.08 Å². The van der Waals surface area contributed by atoms with Crippen molar-refractivity contribution in [2.45, 2.75) is 40.0 Å². The van der Waals surface area contributed by atoms with Crippen molar-refractivity contribution in [3.05, 3.63) is 36.5 Å². The molecule has 0 aliphatic carbocycles. The van der Waals surface area contributed by atoms with E-state index < -0.39 is 0 Å². The third kappa shape index (κ3) is 5.46. The Morgan fingerprint density at radius 3 is 2.62 bits per heavy atom. The molecule has 0 spiro atoms. The van der Waals surface area contributed by atoms with Gasteiger partial charge in [0.05, 0.1) is 0 Å². The summed E-state index contributed by atoms with van der Waals surface area (Å²) in [6.45, 7) is 10.3. The third-order valence-electron chi connectivity index (χ3n) is 2.21. The molecule has 0 N–H and O–H groups in total. The largest absolute Gasteiger partial charge is 0.103 e. The number of hydrogen-bond acceptors (Lipinski definition) is 0. The molecule has 0 saturated carbocycles. The zero-order chi connectivity index (χ0) is 10.1. The van der Waals surface area contributed by atoms with Crippen molar-refractivity contribution in [1.29, 1.82) is 0 Å². The van der Waals surface area contributed by atoms with Crippen molar-refractivity contribution in [1.82, 2.24) is 0 Å². The average molecular weight is 178 g/mol. The first-order valence-electron chi connectivity index (χ1n) is 5.17. The first-order valence-corrected chi connectivity index (χ1v) is 5.17. The van der Waals surface area contributed by atoms with Crippen molar-refractivity contribution in [3.8, 4) is 0 Å². The molecule has 0 nitrogen and oxygen atoms in total. The van der Waals surface area contributed by atoms with E-state index in [4.69, 9.17) is 0 Å². The molecule has 0 rings (SSSR count). The van der Waals surface area contributed by atoms with Crippen LogP contribution in [0.5, 0.6) is 0 Å². The minimum atomic E-state index is 0.647. The molecule has 0 aromatic carbocycles. The Bertz CT molecular complexity index is 184. The van der Waals surface area contributed by atoms with E-state index in [9.17, 15) is 0 Å². The second-order valence-electron chi connectivity index (χ2n) is 3.39. The second-order valence-corrected chi connectivity index (χ2v) is 3.39. The van der Waals surface area contributed by atoms with E-state index in [1.54, 1.807) is 5.57 Å². The summed E-state index contributed by atoms with van der Waals surface area (Å²) in [6, 6.07) is 0. The fourth-order valence-corrected chi connectivity index (χ4v) is 1.40. The van der Waals surface area contributed by atoms with Crippen LogP contribution in [0, 0.1) is 5.92 Å². The maximum absolute atomic E-state index is 3.78. The summed E-state index contributed by atoms with van der Waals surface area (Å²) in [5.74, 6) is 0.647. The van der Waals surface area contributed by atoms with Crippen molar-refractivity contribution in [3.63, 3.8) is 0 Å². The van der Waals surface area contributed by atoms with E-state index in [-0.39, 0.29) is 0 Å². The van der Waals surface area contributed by atoms with Crippen LogP contribution in [-0.4, -0.2) is 0 Å². The Morgan fingerprint density at radius 2 is 2.15 bits per heavy atom. The van der Waals surface area contributed by atoms with Crippen LogP contribution >= 0.6 is 0 Å². The Balaban J connectivity index is 4.22. The monoisotopic (exact) mass is 178 g/mol. The molecule has 13 heavy (non-hydrogen) atoms. The quantitative estimate of drug-likeness (QED) is 0.525. The zero-order valence-corrected chi connectivity index (χ0v) is 9.22. The standard InChI is InChI=1S/C13H22/c1-5-8-11-13(10-7-3)12(4)9-6-2/h5-6,8,10,12H,2,7,9,11H2,1,3-4H3. The van der Waals surface area contributed by atoms with E-state index in [0.717, 1.165) is 19.3 Å². The molecule has 0 radical (unpaired) electrons. The summed E-state index contributed by atoms with van der Waals surface area (Å²) >= 11 is 0. The predicted molar refractivity (Wildman–Crippen MR) is 61.8 cm³/mol. The van der Waals surface area contributed by atoms with Gasteiger partial charge >= 0.3 is 0 Å². The van der Waals surface area contributed by atoms with Gasteiger partial charge in [-0.15, -0.1) is 6.58 Å². The van der Waals surface area contributed by atoms with Gasteiger partial charge in [-0.3, -0.25) is 0 Å². The van der Waals surface area contributed by atoms with Gasteiger partial charge in [0.15, 0.2) is 0 Å². The average Bonchev–Trinajstić information content (AvgIpc) is 2.12. The van der Waals surface area contributed by atoms with Gasteiger partial charge in [-0.2, -0.15) is 0 Å². The lowest BCUT2D eigenvalue weighted by molar-refractivity contribution is 0.675. The van der Waals surface area contributed by atoms with Crippen LogP contribution in [0.4, 0.5) is 0 Å². The van der Waals surface area contributed by atoms with Gasteiger partial charge in [0.2, 0.25) is 0 Å². The molecule has 0 aliphatic heterocycles.